The summed E-state index contributed by atoms with van der Waals surface area (Å²) >= 11 is 0. The highest BCUT2D eigenvalue weighted by Crippen LogP contribution is 2.12. The fraction of sp³-hybridized carbons (Fsp3) is 0.615. The highest BCUT2D eigenvalue weighted by molar-refractivity contribution is 7.89. The molecule has 6 nitrogen and oxygen atoms in total. The van der Waals surface area contributed by atoms with Gasteiger partial charge in [-0.3, -0.25) is 0 Å². The molecule has 0 aromatic carbocycles. The zero-order valence-electron chi connectivity index (χ0n) is 12.5. The van der Waals surface area contributed by atoms with Crippen molar-refractivity contribution in [1.82, 2.24) is 14.6 Å². The van der Waals surface area contributed by atoms with E-state index in [1.807, 2.05) is 6.92 Å². The number of pyridine rings is 1. The molecule has 0 aliphatic carbocycles. The molecule has 0 bridgehead atoms. The summed E-state index contributed by atoms with van der Waals surface area (Å²) in [6, 6.07) is 2.87. The molecule has 0 aliphatic heterocycles. The average molecular weight is 300 g/mol. The smallest absolute Gasteiger partial charge is 0.241 e. The predicted molar refractivity (Wildman–Crippen MR) is 81.4 cm³/mol. The number of nitrogens with zero attached hydrogens (tertiary/aromatic N) is 2. The van der Waals surface area contributed by atoms with E-state index in [4.69, 9.17) is 0 Å². The van der Waals surface area contributed by atoms with Crippen LogP contribution in [0.2, 0.25) is 0 Å². The molecule has 1 aromatic rings. The Morgan fingerprint density at radius 3 is 2.55 bits per heavy atom. The van der Waals surface area contributed by atoms with Gasteiger partial charge in [0, 0.05) is 31.9 Å². The van der Waals surface area contributed by atoms with Crippen LogP contribution in [-0.4, -0.2) is 51.0 Å². The van der Waals surface area contributed by atoms with E-state index in [-0.39, 0.29) is 10.9 Å². The summed E-state index contributed by atoms with van der Waals surface area (Å²) in [5.74, 6) is 0.532. The van der Waals surface area contributed by atoms with Gasteiger partial charge >= 0.3 is 0 Å². The molecule has 1 unspecified atom stereocenters. The Morgan fingerprint density at radius 2 is 2.00 bits per heavy atom. The average Bonchev–Trinajstić information content (AvgIpc) is 2.44. The number of sulfonamides is 1. The van der Waals surface area contributed by atoms with E-state index < -0.39 is 10.0 Å². The van der Waals surface area contributed by atoms with Crippen LogP contribution in [0.1, 0.15) is 20.8 Å². The highest BCUT2D eigenvalue weighted by atomic mass is 32.2. The van der Waals surface area contributed by atoms with E-state index in [0.717, 1.165) is 13.1 Å². The molecule has 1 aromatic heterocycles. The summed E-state index contributed by atoms with van der Waals surface area (Å²) in [5, 5.41) is 2.83. The Morgan fingerprint density at radius 1 is 1.35 bits per heavy atom. The molecule has 0 radical (unpaired) electrons. The number of nitrogens with one attached hydrogen (secondary N) is 2. The molecule has 1 rings (SSSR count). The van der Waals surface area contributed by atoms with E-state index in [1.54, 1.807) is 7.05 Å². The van der Waals surface area contributed by atoms with Gasteiger partial charge in [-0.2, -0.15) is 0 Å². The maximum absolute atomic E-state index is 12.3. The summed E-state index contributed by atoms with van der Waals surface area (Å²) in [6.07, 6.45) is 1.48. The molecule has 0 amide bonds. The van der Waals surface area contributed by atoms with Crippen molar-refractivity contribution in [3.8, 4) is 0 Å². The van der Waals surface area contributed by atoms with Gasteiger partial charge in [0.2, 0.25) is 10.0 Å². The molecule has 1 atom stereocenters. The molecule has 7 heteroatoms. The van der Waals surface area contributed by atoms with Crippen molar-refractivity contribution >= 4 is 15.8 Å². The largest absolute Gasteiger partial charge is 0.373 e. The van der Waals surface area contributed by atoms with Crippen LogP contribution in [0, 0.1) is 0 Å². The molecule has 1 heterocycles. The second-order valence-corrected chi connectivity index (χ2v) is 6.35. The number of aromatic nitrogens is 1. The lowest BCUT2D eigenvalue weighted by atomic mass is 10.3. The van der Waals surface area contributed by atoms with Crippen LogP contribution < -0.4 is 10.0 Å². The number of hydrogen-bond acceptors (Lipinski definition) is 5. The van der Waals surface area contributed by atoms with Crippen LogP contribution in [0.3, 0.4) is 0 Å². The van der Waals surface area contributed by atoms with Gasteiger partial charge in [-0.15, -0.1) is 0 Å². The third-order valence-electron chi connectivity index (χ3n) is 3.08. The van der Waals surface area contributed by atoms with E-state index in [2.05, 4.69) is 33.8 Å². The van der Waals surface area contributed by atoms with E-state index in [9.17, 15) is 8.42 Å². The summed E-state index contributed by atoms with van der Waals surface area (Å²) in [4.78, 5) is 6.42. The van der Waals surface area contributed by atoms with Crippen molar-refractivity contribution in [2.75, 3.05) is 32.0 Å². The topological polar surface area (TPSA) is 74.3 Å². The van der Waals surface area contributed by atoms with Crippen molar-refractivity contribution in [2.45, 2.75) is 31.7 Å². The maximum atomic E-state index is 12.3. The SMILES string of the molecule is CCN(CC)CC(C)NS(=O)(=O)c1ccnc(NC)c1. The van der Waals surface area contributed by atoms with Crippen molar-refractivity contribution < 1.29 is 8.42 Å². The minimum Gasteiger partial charge on any atom is -0.373 e. The Hall–Kier alpha value is -1.18. The molecular weight excluding hydrogens is 276 g/mol. The van der Waals surface area contributed by atoms with Gasteiger partial charge in [-0.1, -0.05) is 13.8 Å². The molecule has 20 heavy (non-hydrogen) atoms. The standard InChI is InChI=1S/C13H24N4O2S/c1-5-17(6-2)10-11(3)16-20(18,19)12-7-8-15-13(9-12)14-4/h7-9,11,16H,5-6,10H2,1-4H3,(H,14,15). The Labute approximate surface area is 121 Å². The molecule has 0 fully saturated rings. The van der Waals surface area contributed by atoms with Gasteiger partial charge in [-0.25, -0.2) is 18.1 Å². The molecule has 2 N–H and O–H groups in total. The maximum Gasteiger partial charge on any atom is 0.241 e. The third-order valence-corrected chi connectivity index (χ3v) is 4.67. The van der Waals surface area contributed by atoms with E-state index in [1.165, 1.54) is 18.3 Å². The second-order valence-electron chi connectivity index (χ2n) is 4.63. The molecule has 0 spiro atoms. The molecular formula is C13H24N4O2S. The first-order chi connectivity index (χ1) is 9.42. The summed E-state index contributed by atoms with van der Waals surface area (Å²) in [5.41, 5.74) is 0. The van der Waals surface area contributed by atoms with Gasteiger partial charge in [0.15, 0.2) is 0 Å². The summed E-state index contributed by atoms with van der Waals surface area (Å²) in [6.45, 7) is 8.50. The Kier molecular flexibility index (Phi) is 6.38. The number of anilines is 1. The van der Waals surface area contributed by atoms with Gasteiger partial charge in [0.1, 0.15) is 5.82 Å². The normalized spacial score (nSPS) is 13.4. The van der Waals surface area contributed by atoms with Gasteiger partial charge in [0.05, 0.1) is 4.90 Å². The minimum atomic E-state index is -3.51. The summed E-state index contributed by atoms with van der Waals surface area (Å²) in [7, 11) is -1.81. The summed E-state index contributed by atoms with van der Waals surface area (Å²) < 4.78 is 27.3. The van der Waals surface area contributed by atoms with Crippen LogP contribution in [0.25, 0.3) is 0 Å². The predicted octanol–water partition coefficient (Wildman–Crippen LogP) is 1.13. The quantitative estimate of drug-likeness (QED) is 0.753. The molecule has 0 saturated carbocycles. The van der Waals surface area contributed by atoms with E-state index in [0.29, 0.717) is 12.4 Å². The van der Waals surface area contributed by atoms with Crippen LogP contribution in [0.5, 0.6) is 0 Å². The van der Waals surface area contributed by atoms with Crippen molar-refractivity contribution in [2.24, 2.45) is 0 Å². The zero-order chi connectivity index (χ0) is 15.2. The monoisotopic (exact) mass is 300 g/mol. The zero-order valence-corrected chi connectivity index (χ0v) is 13.4. The number of likely N-dealkylation sites (N-methyl/N-ethyl adjacent to an activating group) is 1. The van der Waals surface area contributed by atoms with Crippen molar-refractivity contribution in [1.29, 1.82) is 0 Å². The van der Waals surface area contributed by atoms with Crippen LogP contribution in [-0.2, 0) is 10.0 Å². The van der Waals surface area contributed by atoms with Gasteiger partial charge in [0.25, 0.3) is 0 Å². The van der Waals surface area contributed by atoms with Crippen LogP contribution >= 0.6 is 0 Å². The Bertz CT molecular complexity index is 515. The molecule has 0 aliphatic rings. The molecule has 0 saturated heterocycles. The Balaban J connectivity index is 2.78. The first-order valence-corrected chi connectivity index (χ1v) is 8.29. The fourth-order valence-electron chi connectivity index (χ4n) is 1.95. The number of rotatable bonds is 8. The first-order valence-electron chi connectivity index (χ1n) is 6.81. The fourth-order valence-corrected chi connectivity index (χ4v) is 3.20. The van der Waals surface area contributed by atoms with Crippen molar-refractivity contribution in [3.05, 3.63) is 18.3 Å². The van der Waals surface area contributed by atoms with Crippen LogP contribution in [0.4, 0.5) is 5.82 Å². The highest BCUT2D eigenvalue weighted by Gasteiger charge is 2.19. The lowest BCUT2D eigenvalue weighted by Crippen LogP contribution is -2.41. The third kappa shape index (κ3) is 4.73. The molecule has 114 valence electrons. The minimum absolute atomic E-state index is 0.147. The lowest BCUT2D eigenvalue weighted by molar-refractivity contribution is 0.282. The lowest BCUT2D eigenvalue weighted by Gasteiger charge is -2.23. The van der Waals surface area contributed by atoms with Gasteiger partial charge in [-0.05, 0) is 26.1 Å². The van der Waals surface area contributed by atoms with Crippen molar-refractivity contribution in [3.63, 3.8) is 0 Å². The van der Waals surface area contributed by atoms with Gasteiger partial charge < -0.3 is 10.2 Å². The number of hydrogen-bond donors (Lipinski definition) is 2. The first kappa shape index (κ1) is 16.9. The van der Waals surface area contributed by atoms with E-state index >= 15 is 0 Å². The van der Waals surface area contributed by atoms with Crippen LogP contribution in [0.15, 0.2) is 23.2 Å². The second kappa shape index (κ2) is 7.56.